The maximum atomic E-state index is 11.9. The second kappa shape index (κ2) is 4.92. The summed E-state index contributed by atoms with van der Waals surface area (Å²) >= 11 is 0. The van der Waals surface area contributed by atoms with Crippen LogP contribution in [0.5, 0.6) is 0 Å². The normalized spacial score (nSPS) is 12.1. The van der Waals surface area contributed by atoms with Gasteiger partial charge in [0.25, 0.3) is 0 Å². The van der Waals surface area contributed by atoms with Crippen LogP contribution in [-0.4, -0.2) is 33.7 Å². The number of sulfonamides is 1. The Morgan fingerprint density at radius 1 is 1.44 bits per heavy atom. The second-order valence-electron chi connectivity index (χ2n) is 3.56. The van der Waals surface area contributed by atoms with Crippen molar-refractivity contribution in [3.05, 3.63) is 28.7 Å². The number of benzene rings is 1. The van der Waals surface area contributed by atoms with E-state index in [0.717, 1.165) is 0 Å². The van der Waals surface area contributed by atoms with Crippen LogP contribution in [0.3, 0.4) is 0 Å². The van der Waals surface area contributed by atoms with Crippen LogP contribution in [0.2, 0.25) is 0 Å². The molecule has 0 radical (unpaired) electrons. The molecule has 2 aromatic rings. The zero-order valence-corrected chi connectivity index (χ0v) is 10.4. The molecule has 18 heavy (non-hydrogen) atoms. The van der Waals surface area contributed by atoms with Gasteiger partial charge in [0.1, 0.15) is 0 Å². The predicted molar refractivity (Wildman–Crippen MR) is 63.9 cm³/mol. The first-order valence-corrected chi connectivity index (χ1v) is 6.63. The Hall–Kier alpha value is -1.64. The molecule has 1 aromatic heterocycles. The zero-order valence-electron chi connectivity index (χ0n) is 9.60. The molecule has 0 aliphatic carbocycles. The van der Waals surface area contributed by atoms with Gasteiger partial charge >= 0.3 is 5.76 Å². The minimum Gasteiger partial charge on any atom is -0.408 e. The fourth-order valence-corrected chi connectivity index (χ4v) is 2.48. The summed E-state index contributed by atoms with van der Waals surface area (Å²) in [6.45, 7) is 0.453. The molecule has 2 N–H and O–H groups in total. The van der Waals surface area contributed by atoms with Crippen molar-refractivity contribution in [3.8, 4) is 0 Å². The third-order valence-corrected chi connectivity index (χ3v) is 3.76. The first-order valence-electron chi connectivity index (χ1n) is 5.14. The topological polar surface area (TPSA) is 101 Å². The van der Waals surface area contributed by atoms with Gasteiger partial charge in [0.2, 0.25) is 10.0 Å². The summed E-state index contributed by atoms with van der Waals surface area (Å²) in [5, 5.41) is 0. The molecule has 0 amide bonds. The first kappa shape index (κ1) is 12.8. The zero-order chi connectivity index (χ0) is 13.2. The largest absolute Gasteiger partial charge is 0.417 e. The highest BCUT2D eigenvalue weighted by Crippen LogP contribution is 2.16. The van der Waals surface area contributed by atoms with E-state index in [-0.39, 0.29) is 23.6 Å². The maximum absolute atomic E-state index is 11.9. The lowest BCUT2D eigenvalue weighted by Gasteiger charge is -2.05. The molecule has 0 saturated heterocycles. The number of H-pyrrole nitrogens is 1. The van der Waals surface area contributed by atoms with Crippen molar-refractivity contribution in [2.75, 3.05) is 20.3 Å². The molecule has 0 bridgehead atoms. The molecular formula is C10H12N2O5S. The van der Waals surface area contributed by atoms with E-state index in [2.05, 4.69) is 9.71 Å². The van der Waals surface area contributed by atoms with E-state index in [9.17, 15) is 13.2 Å². The molecule has 0 unspecified atom stereocenters. The standard InChI is InChI=1S/C10H12N2O5S/c1-16-5-4-11-18(14,15)7-2-3-8-9(6-7)17-10(13)12-8/h2-3,6,11H,4-5H2,1H3,(H,12,13). The van der Waals surface area contributed by atoms with Crippen LogP contribution in [0.1, 0.15) is 0 Å². The van der Waals surface area contributed by atoms with Gasteiger partial charge < -0.3 is 9.15 Å². The van der Waals surface area contributed by atoms with Gasteiger partial charge in [-0.1, -0.05) is 0 Å². The quantitative estimate of drug-likeness (QED) is 0.749. The highest BCUT2D eigenvalue weighted by atomic mass is 32.2. The lowest BCUT2D eigenvalue weighted by Crippen LogP contribution is -2.27. The van der Waals surface area contributed by atoms with Crippen molar-refractivity contribution in [2.45, 2.75) is 4.90 Å². The van der Waals surface area contributed by atoms with Gasteiger partial charge in [-0.05, 0) is 12.1 Å². The number of hydrogen-bond acceptors (Lipinski definition) is 5. The van der Waals surface area contributed by atoms with Crippen LogP contribution in [0.15, 0.2) is 32.3 Å². The highest BCUT2D eigenvalue weighted by molar-refractivity contribution is 7.89. The van der Waals surface area contributed by atoms with Gasteiger partial charge in [-0.25, -0.2) is 17.9 Å². The van der Waals surface area contributed by atoms with E-state index >= 15 is 0 Å². The Labute approximate surface area is 103 Å². The van der Waals surface area contributed by atoms with E-state index < -0.39 is 15.8 Å². The summed E-state index contributed by atoms with van der Waals surface area (Å²) in [5.41, 5.74) is 0.658. The monoisotopic (exact) mass is 272 g/mol. The third-order valence-electron chi connectivity index (χ3n) is 2.30. The highest BCUT2D eigenvalue weighted by Gasteiger charge is 2.15. The molecule has 0 atom stereocenters. The van der Waals surface area contributed by atoms with Gasteiger partial charge in [0.15, 0.2) is 5.58 Å². The molecular weight excluding hydrogens is 260 g/mol. The van der Waals surface area contributed by atoms with Gasteiger partial charge in [-0.3, -0.25) is 4.98 Å². The van der Waals surface area contributed by atoms with Crippen molar-refractivity contribution in [3.63, 3.8) is 0 Å². The van der Waals surface area contributed by atoms with E-state index in [1.54, 1.807) is 0 Å². The van der Waals surface area contributed by atoms with Crippen LogP contribution in [-0.2, 0) is 14.8 Å². The smallest absolute Gasteiger partial charge is 0.408 e. The average molecular weight is 272 g/mol. The molecule has 1 heterocycles. The number of hydrogen-bond donors (Lipinski definition) is 2. The third kappa shape index (κ3) is 2.61. The Morgan fingerprint density at radius 2 is 2.22 bits per heavy atom. The van der Waals surface area contributed by atoms with Crippen LogP contribution >= 0.6 is 0 Å². The van der Waals surface area contributed by atoms with Crippen molar-refractivity contribution in [1.82, 2.24) is 9.71 Å². The summed E-state index contributed by atoms with van der Waals surface area (Å²) in [7, 11) is -2.14. The van der Waals surface area contributed by atoms with Crippen LogP contribution in [0, 0.1) is 0 Å². The number of rotatable bonds is 5. The number of ether oxygens (including phenoxy) is 1. The number of fused-ring (bicyclic) bond motifs is 1. The fourth-order valence-electron chi connectivity index (χ4n) is 1.45. The van der Waals surface area contributed by atoms with Crippen LogP contribution in [0.25, 0.3) is 11.1 Å². The molecule has 1 aromatic carbocycles. The predicted octanol–water partition coefficient (Wildman–Crippen LogP) is 0.0458. The average Bonchev–Trinajstić information content (AvgIpc) is 2.68. The Morgan fingerprint density at radius 3 is 2.94 bits per heavy atom. The fraction of sp³-hybridized carbons (Fsp3) is 0.300. The number of oxazole rings is 1. The van der Waals surface area contributed by atoms with Crippen LogP contribution in [0.4, 0.5) is 0 Å². The van der Waals surface area contributed by atoms with E-state index in [1.165, 1.54) is 25.3 Å². The second-order valence-corrected chi connectivity index (χ2v) is 5.33. The van der Waals surface area contributed by atoms with Crippen molar-refractivity contribution in [2.24, 2.45) is 0 Å². The van der Waals surface area contributed by atoms with Crippen molar-refractivity contribution >= 4 is 21.1 Å². The molecule has 0 spiro atoms. The Balaban J connectivity index is 2.32. The number of aromatic amines is 1. The molecule has 98 valence electrons. The molecule has 7 nitrogen and oxygen atoms in total. The SMILES string of the molecule is COCCNS(=O)(=O)c1ccc2[nH]c(=O)oc2c1. The molecule has 0 saturated carbocycles. The molecule has 0 aliphatic heterocycles. The number of nitrogens with one attached hydrogen (secondary N) is 2. The molecule has 2 rings (SSSR count). The Kier molecular flexibility index (Phi) is 3.50. The van der Waals surface area contributed by atoms with Crippen LogP contribution < -0.4 is 10.5 Å². The van der Waals surface area contributed by atoms with E-state index in [1.807, 2.05) is 0 Å². The first-order chi connectivity index (χ1) is 8.53. The summed E-state index contributed by atoms with van der Waals surface area (Å²) < 4.78 is 35.6. The van der Waals surface area contributed by atoms with Gasteiger partial charge in [0, 0.05) is 19.7 Å². The van der Waals surface area contributed by atoms with Gasteiger partial charge in [-0.2, -0.15) is 0 Å². The number of methoxy groups -OCH3 is 1. The Bertz CT molecular complexity index is 700. The van der Waals surface area contributed by atoms with E-state index in [0.29, 0.717) is 5.52 Å². The summed E-state index contributed by atoms with van der Waals surface area (Å²) in [4.78, 5) is 13.4. The number of aromatic nitrogens is 1. The van der Waals surface area contributed by atoms with Crippen molar-refractivity contribution < 1.29 is 17.6 Å². The lowest BCUT2D eigenvalue weighted by atomic mass is 10.3. The van der Waals surface area contributed by atoms with E-state index in [4.69, 9.17) is 9.15 Å². The molecule has 0 aliphatic rings. The molecule has 8 heteroatoms. The summed E-state index contributed by atoms with van der Waals surface area (Å²) in [5.74, 6) is -0.619. The summed E-state index contributed by atoms with van der Waals surface area (Å²) in [6.07, 6.45) is 0. The summed E-state index contributed by atoms with van der Waals surface area (Å²) in [6, 6.07) is 4.16. The minimum absolute atomic E-state index is 0.0360. The van der Waals surface area contributed by atoms with Crippen molar-refractivity contribution in [1.29, 1.82) is 0 Å². The van der Waals surface area contributed by atoms with Gasteiger partial charge in [-0.15, -0.1) is 0 Å². The van der Waals surface area contributed by atoms with Gasteiger partial charge in [0.05, 0.1) is 17.0 Å². The lowest BCUT2D eigenvalue weighted by molar-refractivity contribution is 0.204. The minimum atomic E-state index is -3.62. The maximum Gasteiger partial charge on any atom is 0.417 e. The molecule has 0 fully saturated rings.